The molecule has 0 atom stereocenters. The molecule has 168 valence electrons. The van der Waals surface area contributed by atoms with Crippen LogP contribution in [0.25, 0.3) is 6.08 Å². The van der Waals surface area contributed by atoms with Crippen molar-refractivity contribution in [1.29, 1.82) is 0 Å². The van der Waals surface area contributed by atoms with E-state index in [9.17, 15) is 14.9 Å². The first-order chi connectivity index (χ1) is 15.5. The van der Waals surface area contributed by atoms with Crippen molar-refractivity contribution in [1.82, 2.24) is 9.80 Å². The molecule has 0 unspecified atom stereocenters. The standard InChI is InChI=1S/C23H25N3O6/c1-30-20-14-17(15-21-23(20)32-12-11-31-21)5-6-22(27)25-9-7-24(8-10-25)16-18-3-2-4-19(13-18)26(28)29/h2-6,13-15H,7-12,16H2,1H3. The van der Waals surface area contributed by atoms with Gasteiger partial charge in [-0.2, -0.15) is 0 Å². The van der Waals surface area contributed by atoms with Crippen molar-refractivity contribution in [3.05, 3.63) is 63.7 Å². The third kappa shape index (κ3) is 5.00. The quantitative estimate of drug-likeness (QED) is 0.388. The Hall–Kier alpha value is -3.59. The fourth-order valence-electron chi connectivity index (χ4n) is 3.82. The molecule has 2 aliphatic rings. The number of nitro groups is 1. The first-order valence-electron chi connectivity index (χ1n) is 10.4. The molecule has 9 nitrogen and oxygen atoms in total. The third-order valence-corrected chi connectivity index (χ3v) is 5.48. The predicted octanol–water partition coefficient (Wildman–Crippen LogP) is 2.73. The summed E-state index contributed by atoms with van der Waals surface area (Å²) in [6, 6.07) is 10.3. The Labute approximate surface area is 185 Å². The monoisotopic (exact) mass is 439 g/mol. The van der Waals surface area contributed by atoms with E-state index >= 15 is 0 Å². The number of carbonyl (C=O) groups is 1. The van der Waals surface area contributed by atoms with Crippen LogP contribution < -0.4 is 14.2 Å². The zero-order valence-electron chi connectivity index (χ0n) is 17.9. The van der Waals surface area contributed by atoms with Crippen molar-refractivity contribution < 1.29 is 23.9 Å². The number of piperazine rings is 1. The minimum atomic E-state index is -0.385. The van der Waals surface area contributed by atoms with Crippen molar-refractivity contribution >= 4 is 17.7 Å². The molecule has 1 saturated heterocycles. The predicted molar refractivity (Wildman–Crippen MR) is 118 cm³/mol. The maximum Gasteiger partial charge on any atom is 0.269 e. The molecule has 0 radical (unpaired) electrons. The number of nitrogens with zero attached hydrogens (tertiary/aromatic N) is 3. The van der Waals surface area contributed by atoms with Gasteiger partial charge in [-0.1, -0.05) is 12.1 Å². The van der Waals surface area contributed by atoms with Gasteiger partial charge < -0.3 is 19.1 Å². The van der Waals surface area contributed by atoms with Gasteiger partial charge in [-0.25, -0.2) is 0 Å². The number of non-ortho nitro benzene ring substituents is 1. The van der Waals surface area contributed by atoms with Crippen molar-refractivity contribution in [2.45, 2.75) is 6.54 Å². The Morgan fingerprint density at radius 1 is 1.16 bits per heavy atom. The van der Waals surface area contributed by atoms with E-state index < -0.39 is 0 Å². The van der Waals surface area contributed by atoms with Crippen LogP contribution in [0.15, 0.2) is 42.5 Å². The number of methoxy groups -OCH3 is 1. The molecule has 2 aromatic rings. The zero-order valence-corrected chi connectivity index (χ0v) is 17.9. The summed E-state index contributed by atoms with van der Waals surface area (Å²) in [5.74, 6) is 1.71. The van der Waals surface area contributed by atoms with Gasteiger partial charge in [-0.15, -0.1) is 0 Å². The minimum Gasteiger partial charge on any atom is -0.493 e. The molecule has 0 saturated carbocycles. The van der Waals surface area contributed by atoms with Gasteiger partial charge in [-0.3, -0.25) is 19.8 Å². The van der Waals surface area contributed by atoms with Crippen molar-refractivity contribution in [2.24, 2.45) is 0 Å². The van der Waals surface area contributed by atoms with Gasteiger partial charge in [0.2, 0.25) is 11.7 Å². The molecule has 1 amide bonds. The van der Waals surface area contributed by atoms with E-state index in [0.717, 1.165) is 11.1 Å². The van der Waals surface area contributed by atoms with E-state index in [1.807, 2.05) is 18.2 Å². The highest BCUT2D eigenvalue weighted by atomic mass is 16.6. The first kappa shape index (κ1) is 21.6. The number of fused-ring (bicyclic) bond motifs is 1. The number of hydrogen-bond acceptors (Lipinski definition) is 7. The first-order valence-corrected chi connectivity index (χ1v) is 10.4. The summed E-state index contributed by atoms with van der Waals surface area (Å²) < 4.78 is 16.6. The summed E-state index contributed by atoms with van der Waals surface area (Å²) in [4.78, 5) is 27.2. The topological polar surface area (TPSA) is 94.4 Å². The lowest BCUT2D eigenvalue weighted by atomic mass is 10.1. The molecule has 2 aromatic carbocycles. The highest BCUT2D eigenvalue weighted by molar-refractivity contribution is 5.92. The van der Waals surface area contributed by atoms with Crippen LogP contribution in [0.5, 0.6) is 17.2 Å². The Morgan fingerprint density at radius 3 is 2.69 bits per heavy atom. The van der Waals surface area contributed by atoms with Gasteiger partial charge >= 0.3 is 0 Å². The summed E-state index contributed by atoms with van der Waals surface area (Å²) in [6.45, 7) is 4.19. The van der Waals surface area contributed by atoms with E-state index in [2.05, 4.69) is 4.90 Å². The molecular weight excluding hydrogens is 414 g/mol. The summed E-state index contributed by atoms with van der Waals surface area (Å²) in [6.07, 6.45) is 3.31. The molecule has 1 fully saturated rings. The average Bonchev–Trinajstić information content (AvgIpc) is 2.82. The SMILES string of the molecule is COc1cc(C=CC(=O)N2CCN(Cc3cccc([N+](=O)[O-])c3)CC2)cc2c1OCCO2. The number of carbonyl (C=O) groups excluding carboxylic acids is 1. The lowest BCUT2D eigenvalue weighted by molar-refractivity contribution is -0.384. The van der Waals surface area contributed by atoms with Crippen molar-refractivity contribution in [3.8, 4) is 17.2 Å². The van der Waals surface area contributed by atoms with Crippen LogP contribution in [-0.4, -0.2) is 67.1 Å². The number of rotatable bonds is 6. The van der Waals surface area contributed by atoms with E-state index in [4.69, 9.17) is 14.2 Å². The molecule has 9 heteroatoms. The maximum absolute atomic E-state index is 12.7. The van der Waals surface area contributed by atoms with Gasteiger partial charge in [0.15, 0.2) is 11.5 Å². The number of benzene rings is 2. The summed E-state index contributed by atoms with van der Waals surface area (Å²) in [5, 5.41) is 11.0. The Bertz CT molecular complexity index is 1010. The van der Waals surface area contributed by atoms with Crippen LogP contribution in [0.3, 0.4) is 0 Å². The van der Waals surface area contributed by atoms with E-state index in [0.29, 0.717) is 63.2 Å². The van der Waals surface area contributed by atoms with Crippen LogP contribution in [0.4, 0.5) is 5.69 Å². The minimum absolute atomic E-state index is 0.0612. The Morgan fingerprint density at radius 2 is 1.94 bits per heavy atom. The van der Waals surface area contributed by atoms with Crippen LogP contribution in [-0.2, 0) is 11.3 Å². The maximum atomic E-state index is 12.7. The van der Waals surface area contributed by atoms with E-state index in [-0.39, 0.29) is 16.5 Å². The largest absolute Gasteiger partial charge is 0.493 e. The van der Waals surface area contributed by atoms with Crippen molar-refractivity contribution in [2.75, 3.05) is 46.5 Å². The van der Waals surface area contributed by atoms with Gasteiger partial charge in [0, 0.05) is 50.9 Å². The van der Waals surface area contributed by atoms with Crippen LogP contribution in [0, 0.1) is 10.1 Å². The average molecular weight is 439 g/mol. The fourth-order valence-corrected chi connectivity index (χ4v) is 3.82. The number of ether oxygens (including phenoxy) is 3. The summed E-state index contributed by atoms with van der Waals surface area (Å²) >= 11 is 0. The van der Waals surface area contributed by atoms with Gasteiger partial charge in [0.1, 0.15) is 13.2 Å². The van der Waals surface area contributed by atoms with Crippen LogP contribution in [0.2, 0.25) is 0 Å². The van der Waals surface area contributed by atoms with E-state index in [1.165, 1.54) is 6.07 Å². The number of nitro benzene ring substituents is 1. The van der Waals surface area contributed by atoms with Gasteiger partial charge in [0.05, 0.1) is 12.0 Å². The molecule has 0 N–H and O–H groups in total. The normalized spacial score (nSPS) is 16.2. The molecule has 2 aliphatic heterocycles. The lowest BCUT2D eigenvalue weighted by Crippen LogP contribution is -2.47. The smallest absolute Gasteiger partial charge is 0.269 e. The zero-order chi connectivity index (χ0) is 22.5. The number of hydrogen-bond donors (Lipinski definition) is 0. The van der Waals surface area contributed by atoms with Gasteiger partial charge in [0.25, 0.3) is 5.69 Å². The van der Waals surface area contributed by atoms with E-state index in [1.54, 1.807) is 36.3 Å². The Balaban J connectivity index is 1.33. The lowest BCUT2D eigenvalue weighted by Gasteiger charge is -2.34. The van der Waals surface area contributed by atoms with Crippen LogP contribution >= 0.6 is 0 Å². The summed E-state index contributed by atoms with van der Waals surface area (Å²) in [7, 11) is 1.57. The second kappa shape index (κ2) is 9.69. The molecule has 4 rings (SSSR count). The molecule has 2 heterocycles. The molecule has 0 bridgehead atoms. The fraction of sp³-hybridized carbons (Fsp3) is 0.348. The highest BCUT2D eigenvalue weighted by Gasteiger charge is 2.21. The molecule has 32 heavy (non-hydrogen) atoms. The van der Waals surface area contributed by atoms with Crippen LogP contribution in [0.1, 0.15) is 11.1 Å². The second-order valence-electron chi connectivity index (χ2n) is 7.61. The molecule has 0 spiro atoms. The third-order valence-electron chi connectivity index (χ3n) is 5.48. The van der Waals surface area contributed by atoms with Crippen molar-refractivity contribution in [3.63, 3.8) is 0 Å². The molecule has 0 aromatic heterocycles. The number of amides is 1. The Kier molecular flexibility index (Phi) is 6.55. The highest BCUT2D eigenvalue weighted by Crippen LogP contribution is 2.40. The molecule has 0 aliphatic carbocycles. The molecular formula is C23H25N3O6. The summed E-state index contributed by atoms with van der Waals surface area (Å²) in [5.41, 5.74) is 1.78. The second-order valence-corrected chi connectivity index (χ2v) is 7.61. The van der Waals surface area contributed by atoms with Gasteiger partial charge in [-0.05, 0) is 29.3 Å².